The summed E-state index contributed by atoms with van der Waals surface area (Å²) < 4.78 is 35.9. The van der Waals surface area contributed by atoms with Crippen LogP contribution in [0.2, 0.25) is 0 Å². The van der Waals surface area contributed by atoms with E-state index in [2.05, 4.69) is 17.3 Å². The Morgan fingerprint density at radius 1 is 1.53 bits per heavy atom. The van der Waals surface area contributed by atoms with E-state index in [0.717, 1.165) is 25.6 Å². The zero-order valence-corrected chi connectivity index (χ0v) is 11.6. The first-order valence-corrected chi connectivity index (χ1v) is 7.65. The molecule has 2 rings (SSSR count). The molecule has 1 saturated heterocycles. The average molecular weight is 287 g/mol. The van der Waals surface area contributed by atoms with Gasteiger partial charge in [-0.2, -0.15) is 0 Å². The van der Waals surface area contributed by atoms with Crippen molar-refractivity contribution in [1.82, 2.24) is 4.90 Å². The van der Waals surface area contributed by atoms with Crippen molar-refractivity contribution in [3.8, 4) is 0 Å². The van der Waals surface area contributed by atoms with E-state index in [1.54, 1.807) is 0 Å². The van der Waals surface area contributed by atoms with Crippen LogP contribution in [0.25, 0.3) is 0 Å². The lowest BCUT2D eigenvalue weighted by molar-refractivity contribution is 0.399. The van der Waals surface area contributed by atoms with Crippen molar-refractivity contribution >= 4 is 15.7 Å². The summed E-state index contributed by atoms with van der Waals surface area (Å²) in [5.41, 5.74) is 0.307. The summed E-state index contributed by atoms with van der Waals surface area (Å²) in [6, 6.07) is 3.66. The van der Waals surface area contributed by atoms with Crippen LogP contribution in [-0.2, 0) is 10.0 Å². The molecule has 7 heteroatoms. The van der Waals surface area contributed by atoms with Crippen LogP contribution in [0.1, 0.15) is 6.42 Å². The van der Waals surface area contributed by atoms with Crippen LogP contribution >= 0.6 is 0 Å². The van der Waals surface area contributed by atoms with Crippen LogP contribution in [0, 0.1) is 11.7 Å². The Labute approximate surface area is 112 Å². The highest BCUT2D eigenvalue weighted by molar-refractivity contribution is 7.89. The number of hydrogen-bond acceptors (Lipinski definition) is 4. The molecular weight excluding hydrogens is 269 g/mol. The van der Waals surface area contributed by atoms with Gasteiger partial charge in [0.05, 0.1) is 10.6 Å². The van der Waals surface area contributed by atoms with Gasteiger partial charge in [0, 0.05) is 13.1 Å². The molecule has 19 heavy (non-hydrogen) atoms. The fraction of sp³-hybridized carbons (Fsp3) is 0.500. The van der Waals surface area contributed by atoms with Crippen LogP contribution in [0.15, 0.2) is 23.1 Å². The van der Waals surface area contributed by atoms with Gasteiger partial charge in [-0.3, -0.25) is 0 Å². The highest BCUT2D eigenvalue weighted by atomic mass is 32.2. The predicted molar refractivity (Wildman–Crippen MR) is 71.9 cm³/mol. The predicted octanol–water partition coefficient (Wildman–Crippen LogP) is 0.837. The van der Waals surface area contributed by atoms with Crippen LogP contribution in [0.5, 0.6) is 0 Å². The normalized spacial score (nSPS) is 20.7. The summed E-state index contributed by atoms with van der Waals surface area (Å²) in [6.07, 6.45) is 1.08. The second kappa shape index (κ2) is 5.44. The van der Waals surface area contributed by atoms with Gasteiger partial charge in [-0.05, 0) is 44.1 Å². The van der Waals surface area contributed by atoms with Crippen molar-refractivity contribution in [3.05, 3.63) is 24.0 Å². The highest BCUT2D eigenvalue weighted by Crippen LogP contribution is 2.20. The molecular formula is C12H18FN3O2S. The Morgan fingerprint density at radius 2 is 2.26 bits per heavy atom. The molecule has 3 N–H and O–H groups in total. The number of rotatable bonds is 4. The zero-order chi connectivity index (χ0) is 14.0. The number of sulfonamides is 1. The number of nitrogens with two attached hydrogens (primary N) is 1. The molecule has 1 aromatic carbocycles. The number of benzene rings is 1. The molecule has 0 spiro atoms. The third-order valence-corrected chi connectivity index (χ3v) is 4.25. The maximum atomic E-state index is 13.7. The van der Waals surface area contributed by atoms with E-state index in [1.165, 1.54) is 12.1 Å². The number of likely N-dealkylation sites (tertiary alicyclic amines) is 1. The van der Waals surface area contributed by atoms with Crippen LogP contribution in [0.4, 0.5) is 10.1 Å². The molecule has 1 atom stereocenters. The van der Waals surface area contributed by atoms with Crippen LogP contribution < -0.4 is 10.5 Å². The Morgan fingerprint density at radius 3 is 2.79 bits per heavy atom. The Hall–Kier alpha value is -1.18. The van der Waals surface area contributed by atoms with Crippen molar-refractivity contribution in [3.63, 3.8) is 0 Å². The quantitative estimate of drug-likeness (QED) is 0.860. The molecule has 0 aliphatic carbocycles. The molecule has 1 unspecified atom stereocenters. The SMILES string of the molecule is CN1CCC(CNc2ccc(S(N)(=O)=O)cc2F)C1. The van der Waals surface area contributed by atoms with E-state index in [1.807, 2.05) is 0 Å². The maximum Gasteiger partial charge on any atom is 0.238 e. The molecule has 106 valence electrons. The van der Waals surface area contributed by atoms with Gasteiger partial charge in [-0.1, -0.05) is 0 Å². The van der Waals surface area contributed by atoms with Gasteiger partial charge in [-0.25, -0.2) is 17.9 Å². The van der Waals surface area contributed by atoms with Crippen molar-refractivity contribution in [2.75, 3.05) is 32.0 Å². The Kier molecular flexibility index (Phi) is 4.07. The largest absolute Gasteiger partial charge is 0.382 e. The third kappa shape index (κ3) is 3.65. The lowest BCUT2D eigenvalue weighted by atomic mass is 10.1. The molecule has 0 amide bonds. The summed E-state index contributed by atoms with van der Waals surface area (Å²) in [6.45, 7) is 2.72. The smallest absolute Gasteiger partial charge is 0.238 e. The third-order valence-electron chi connectivity index (χ3n) is 3.34. The molecule has 0 saturated carbocycles. The second-order valence-electron chi connectivity index (χ2n) is 4.98. The number of primary sulfonamides is 1. The van der Waals surface area contributed by atoms with Gasteiger partial charge in [0.25, 0.3) is 0 Å². The fourth-order valence-electron chi connectivity index (χ4n) is 2.26. The number of nitrogens with one attached hydrogen (secondary N) is 1. The molecule has 5 nitrogen and oxygen atoms in total. The van der Waals surface area contributed by atoms with E-state index < -0.39 is 15.8 Å². The topological polar surface area (TPSA) is 75.4 Å². The molecule has 1 heterocycles. The molecule has 0 bridgehead atoms. The fourth-order valence-corrected chi connectivity index (χ4v) is 2.79. The zero-order valence-electron chi connectivity index (χ0n) is 10.8. The van der Waals surface area contributed by atoms with Crippen molar-refractivity contribution in [2.24, 2.45) is 11.1 Å². The molecule has 1 aromatic rings. The summed E-state index contributed by atoms with van der Waals surface area (Å²) in [4.78, 5) is 2.02. The van der Waals surface area contributed by atoms with Crippen molar-refractivity contribution in [2.45, 2.75) is 11.3 Å². The standard InChI is InChI=1S/C12H18FN3O2S/c1-16-5-4-9(8-16)7-15-12-3-2-10(6-11(12)13)19(14,17)18/h2-3,6,9,15H,4-5,7-8H2,1H3,(H2,14,17,18). The van der Waals surface area contributed by atoms with E-state index in [4.69, 9.17) is 5.14 Å². The van der Waals surface area contributed by atoms with Gasteiger partial charge in [0.15, 0.2) is 0 Å². The van der Waals surface area contributed by atoms with E-state index in [9.17, 15) is 12.8 Å². The van der Waals surface area contributed by atoms with E-state index in [0.29, 0.717) is 18.2 Å². The monoisotopic (exact) mass is 287 g/mol. The van der Waals surface area contributed by atoms with Crippen LogP contribution in [-0.4, -0.2) is 40.0 Å². The number of anilines is 1. The van der Waals surface area contributed by atoms with Gasteiger partial charge < -0.3 is 10.2 Å². The summed E-state index contributed by atoms with van der Waals surface area (Å²) in [5.74, 6) is -0.111. The lowest BCUT2D eigenvalue weighted by Crippen LogP contribution is -2.19. The number of nitrogens with zero attached hydrogens (tertiary/aromatic N) is 1. The first-order chi connectivity index (χ1) is 8.86. The molecule has 1 aliphatic rings. The van der Waals surface area contributed by atoms with Crippen LogP contribution in [0.3, 0.4) is 0 Å². The number of halogens is 1. The minimum absolute atomic E-state index is 0.212. The Bertz CT molecular complexity index is 562. The first kappa shape index (κ1) is 14.2. The van der Waals surface area contributed by atoms with Crippen molar-refractivity contribution in [1.29, 1.82) is 0 Å². The summed E-state index contributed by atoms with van der Waals surface area (Å²) >= 11 is 0. The van der Waals surface area contributed by atoms with E-state index in [-0.39, 0.29) is 4.90 Å². The minimum atomic E-state index is -3.85. The minimum Gasteiger partial charge on any atom is -0.382 e. The molecule has 0 radical (unpaired) electrons. The maximum absolute atomic E-state index is 13.7. The van der Waals surface area contributed by atoms with Gasteiger partial charge in [0.2, 0.25) is 10.0 Å². The Balaban J connectivity index is 2.02. The lowest BCUT2D eigenvalue weighted by Gasteiger charge is -2.13. The number of hydrogen-bond donors (Lipinski definition) is 2. The first-order valence-electron chi connectivity index (χ1n) is 6.11. The average Bonchev–Trinajstić information content (AvgIpc) is 2.72. The van der Waals surface area contributed by atoms with Crippen molar-refractivity contribution < 1.29 is 12.8 Å². The van der Waals surface area contributed by atoms with Gasteiger partial charge >= 0.3 is 0 Å². The highest BCUT2D eigenvalue weighted by Gasteiger charge is 2.19. The molecule has 1 fully saturated rings. The van der Waals surface area contributed by atoms with Gasteiger partial charge in [-0.15, -0.1) is 0 Å². The second-order valence-corrected chi connectivity index (χ2v) is 6.55. The molecule has 0 aromatic heterocycles. The molecule has 1 aliphatic heterocycles. The summed E-state index contributed by atoms with van der Waals surface area (Å²) in [7, 11) is -1.80. The van der Waals surface area contributed by atoms with Gasteiger partial charge in [0.1, 0.15) is 5.82 Å². The van der Waals surface area contributed by atoms with E-state index >= 15 is 0 Å². The summed E-state index contributed by atoms with van der Waals surface area (Å²) in [5, 5.41) is 7.96.